The van der Waals surface area contributed by atoms with Crippen LogP contribution in [0.25, 0.3) is 0 Å². The van der Waals surface area contributed by atoms with Gasteiger partial charge in [-0.1, -0.05) is 42.5 Å². The average Bonchev–Trinajstić information content (AvgIpc) is 2.55. The maximum atomic E-state index is 12.4. The van der Waals surface area contributed by atoms with Crippen LogP contribution in [0, 0.1) is 0 Å². The number of aliphatic carboxylic acids is 1. The van der Waals surface area contributed by atoms with Gasteiger partial charge in [0.15, 0.2) is 0 Å². The highest BCUT2D eigenvalue weighted by Gasteiger charge is 2.23. The number of carbonyl (C=O) groups excluding carboxylic acids is 2. The van der Waals surface area contributed by atoms with E-state index in [0.29, 0.717) is 0 Å². The molecule has 0 aromatic heterocycles. The number of para-hydroxylation sites is 1. The van der Waals surface area contributed by atoms with Gasteiger partial charge in [0.25, 0.3) is 5.91 Å². The van der Waals surface area contributed by atoms with Crippen molar-refractivity contribution in [2.24, 2.45) is 0 Å². The fraction of sp³-hybridized carbons (Fsp3) is 0.167. The number of esters is 1. The third-order valence-electron chi connectivity index (χ3n) is 3.27. The van der Waals surface area contributed by atoms with Crippen molar-refractivity contribution in [2.45, 2.75) is 19.4 Å². The van der Waals surface area contributed by atoms with Crippen LogP contribution in [0.1, 0.15) is 22.8 Å². The SMILES string of the molecule is CC(=O)Oc1ccccc1C(=O)NC(Cc1ccccc1)C(=O)O. The molecule has 6 nitrogen and oxygen atoms in total. The summed E-state index contributed by atoms with van der Waals surface area (Å²) in [5, 5.41) is 11.8. The molecule has 6 heteroatoms. The minimum absolute atomic E-state index is 0.0892. The van der Waals surface area contributed by atoms with E-state index in [0.717, 1.165) is 5.56 Å². The van der Waals surface area contributed by atoms with Crippen LogP contribution in [0.2, 0.25) is 0 Å². The second-order valence-electron chi connectivity index (χ2n) is 5.14. The number of benzene rings is 2. The molecular formula is C18H17NO5. The molecule has 0 radical (unpaired) electrons. The Labute approximate surface area is 139 Å². The lowest BCUT2D eigenvalue weighted by Gasteiger charge is -2.16. The molecule has 1 atom stereocenters. The fourth-order valence-corrected chi connectivity index (χ4v) is 2.18. The summed E-state index contributed by atoms with van der Waals surface area (Å²) in [6, 6.07) is 14.1. The average molecular weight is 327 g/mol. The molecule has 1 amide bonds. The number of hydrogen-bond acceptors (Lipinski definition) is 4. The molecule has 0 aliphatic rings. The number of nitrogens with one attached hydrogen (secondary N) is 1. The lowest BCUT2D eigenvalue weighted by atomic mass is 10.1. The summed E-state index contributed by atoms with van der Waals surface area (Å²) < 4.78 is 4.98. The molecule has 24 heavy (non-hydrogen) atoms. The maximum absolute atomic E-state index is 12.4. The first kappa shape index (κ1) is 17.2. The van der Waals surface area contributed by atoms with E-state index in [1.807, 2.05) is 6.07 Å². The zero-order valence-electron chi connectivity index (χ0n) is 13.1. The molecule has 2 N–H and O–H groups in total. The number of ether oxygens (including phenoxy) is 1. The normalized spacial score (nSPS) is 11.4. The first-order valence-corrected chi connectivity index (χ1v) is 7.32. The molecule has 0 spiro atoms. The Kier molecular flexibility index (Phi) is 5.68. The van der Waals surface area contributed by atoms with Gasteiger partial charge in [-0.15, -0.1) is 0 Å². The predicted molar refractivity (Wildman–Crippen MR) is 86.8 cm³/mol. The molecule has 0 bridgehead atoms. The predicted octanol–water partition coefficient (Wildman–Crippen LogP) is 2.04. The Hall–Kier alpha value is -3.15. The van der Waals surface area contributed by atoms with Crippen molar-refractivity contribution < 1.29 is 24.2 Å². The van der Waals surface area contributed by atoms with Crippen LogP contribution in [-0.2, 0) is 16.0 Å². The second kappa shape index (κ2) is 7.92. The van der Waals surface area contributed by atoms with Crippen LogP contribution in [-0.4, -0.2) is 29.0 Å². The summed E-state index contributed by atoms with van der Waals surface area (Å²) in [5.74, 6) is -2.23. The summed E-state index contributed by atoms with van der Waals surface area (Å²) in [6.45, 7) is 1.23. The monoisotopic (exact) mass is 327 g/mol. The Balaban J connectivity index is 2.17. The summed E-state index contributed by atoms with van der Waals surface area (Å²) >= 11 is 0. The van der Waals surface area contributed by atoms with E-state index in [1.165, 1.54) is 19.1 Å². The first-order chi connectivity index (χ1) is 11.5. The first-order valence-electron chi connectivity index (χ1n) is 7.32. The molecular weight excluding hydrogens is 310 g/mol. The van der Waals surface area contributed by atoms with Gasteiger partial charge in [-0.2, -0.15) is 0 Å². The Morgan fingerprint density at radius 3 is 2.29 bits per heavy atom. The number of carboxylic acid groups (broad SMARTS) is 1. The van der Waals surface area contributed by atoms with Crippen LogP contribution in [0.15, 0.2) is 54.6 Å². The second-order valence-corrected chi connectivity index (χ2v) is 5.14. The van der Waals surface area contributed by atoms with Gasteiger partial charge in [0, 0.05) is 13.3 Å². The van der Waals surface area contributed by atoms with Gasteiger partial charge in [0.1, 0.15) is 11.8 Å². The Bertz CT molecular complexity index is 742. The molecule has 0 saturated heterocycles. The summed E-state index contributed by atoms with van der Waals surface area (Å²) in [7, 11) is 0. The van der Waals surface area contributed by atoms with E-state index >= 15 is 0 Å². The molecule has 0 aliphatic heterocycles. The molecule has 2 aromatic rings. The van der Waals surface area contributed by atoms with Crippen molar-refractivity contribution in [3.8, 4) is 5.75 Å². The third-order valence-corrected chi connectivity index (χ3v) is 3.27. The van der Waals surface area contributed by atoms with Gasteiger partial charge in [0.2, 0.25) is 0 Å². The van der Waals surface area contributed by atoms with Gasteiger partial charge in [-0.3, -0.25) is 9.59 Å². The van der Waals surface area contributed by atoms with Gasteiger partial charge >= 0.3 is 11.9 Å². The van der Waals surface area contributed by atoms with Crippen molar-refractivity contribution in [3.05, 3.63) is 65.7 Å². The van der Waals surface area contributed by atoms with Crippen LogP contribution >= 0.6 is 0 Å². The standard InChI is InChI=1S/C18H17NO5/c1-12(20)24-16-10-6-5-9-14(16)17(21)19-15(18(22)23)11-13-7-3-2-4-8-13/h2-10,15H,11H2,1H3,(H,19,21)(H,22,23). The van der Waals surface area contributed by atoms with E-state index in [-0.39, 0.29) is 17.7 Å². The van der Waals surface area contributed by atoms with E-state index in [1.54, 1.807) is 36.4 Å². The number of hydrogen-bond donors (Lipinski definition) is 2. The highest BCUT2D eigenvalue weighted by molar-refractivity contribution is 5.99. The molecule has 0 heterocycles. The maximum Gasteiger partial charge on any atom is 0.326 e. The smallest absolute Gasteiger partial charge is 0.326 e. The van der Waals surface area contributed by atoms with Crippen LogP contribution < -0.4 is 10.1 Å². The van der Waals surface area contributed by atoms with E-state index in [2.05, 4.69) is 5.32 Å². The van der Waals surface area contributed by atoms with Gasteiger partial charge in [-0.25, -0.2) is 4.79 Å². The highest BCUT2D eigenvalue weighted by atomic mass is 16.5. The lowest BCUT2D eigenvalue weighted by Crippen LogP contribution is -2.42. The van der Waals surface area contributed by atoms with Crippen molar-refractivity contribution in [2.75, 3.05) is 0 Å². The number of rotatable bonds is 6. The van der Waals surface area contributed by atoms with Crippen molar-refractivity contribution in [1.29, 1.82) is 0 Å². The molecule has 1 unspecified atom stereocenters. The Morgan fingerprint density at radius 1 is 1.04 bits per heavy atom. The van der Waals surface area contributed by atoms with E-state index < -0.39 is 23.9 Å². The van der Waals surface area contributed by atoms with Gasteiger partial charge in [0.05, 0.1) is 5.56 Å². The van der Waals surface area contributed by atoms with Crippen LogP contribution in [0.4, 0.5) is 0 Å². The zero-order chi connectivity index (χ0) is 17.5. The molecule has 2 aromatic carbocycles. The summed E-state index contributed by atoms with van der Waals surface area (Å²) in [5.41, 5.74) is 0.894. The minimum Gasteiger partial charge on any atom is -0.480 e. The van der Waals surface area contributed by atoms with Gasteiger partial charge in [-0.05, 0) is 17.7 Å². The van der Waals surface area contributed by atoms with Crippen LogP contribution in [0.3, 0.4) is 0 Å². The van der Waals surface area contributed by atoms with E-state index in [9.17, 15) is 19.5 Å². The molecule has 0 aliphatic carbocycles. The number of carbonyl (C=O) groups is 3. The summed E-state index contributed by atoms with van der Waals surface area (Å²) in [4.78, 5) is 34.9. The van der Waals surface area contributed by atoms with Crippen LogP contribution in [0.5, 0.6) is 5.75 Å². The third kappa shape index (κ3) is 4.67. The Morgan fingerprint density at radius 2 is 1.67 bits per heavy atom. The van der Waals surface area contributed by atoms with E-state index in [4.69, 9.17) is 4.74 Å². The quantitative estimate of drug-likeness (QED) is 0.625. The van der Waals surface area contributed by atoms with Crippen molar-refractivity contribution in [3.63, 3.8) is 0 Å². The minimum atomic E-state index is -1.14. The largest absolute Gasteiger partial charge is 0.480 e. The lowest BCUT2D eigenvalue weighted by molar-refractivity contribution is -0.139. The van der Waals surface area contributed by atoms with Gasteiger partial charge < -0.3 is 15.2 Å². The molecule has 2 rings (SSSR count). The van der Waals surface area contributed by atoms with Crippen molar-refractivity contribution >= 4 is 17.8 Å². The molecule has 0 fully saturated rings. The summed E-state index contributed by atoms with van der Waals surface area (Å²) in [6.07, 6.45) is 0.150. The number of carboxylic acids is 1. The molecule has 124 valence electrons. The topological polar surface area (TPSA) is 92.7 Å². The zero-order valence-corrected chi connectivity index (χ0v) is 13.1. The highest BCUT2D eigenvalue weighted by Crippen LogP contribution is 2.18. The number of amides is 1. The molecule has 0 saturated carbocycles. The van der Waals surface area contributed by atoms with Crippen molar-refractivity contribution in [1.82, 2.24) is 5.32 Å². The fourth-order valence-electron chi connectivity index (χ4n) is 2.18.